The van der Waals surface area contributed by atoms with Gasteiger partial charge in [-0.1, -0.05) is 19.9 Å². The van der Waals surface area contributed by atoms with E-state index in [2.05, 4.69) is 0 Å². The highest BCUT2D eigenvalue weighted by atomic mass is 19.1. The van der Waals surface area contributed by atoms with Gasteiger partial charge in [-0.25, -0.2) is 9.18 Å². The van der Waals surface area contributed by atoms with Crippen molar-refractivity contribution in [2.24, 2.45) is 5.92 Å². The van der Waals surface area contributed by atoms with Crippen LogP contribution >= 0.6 is 0 Å². The minimum absolute atomic E-state index is 0.00176. The molecule has 1 aromatic rings. The van der Waals surface area contributed by atoms with Crippen LogP contribution in [0, 0.1) is 18.7 Å². The topological polar surface area (TPSA) is 26.3 Å². The molecule has 0 aliphatic carbocycles. The van der Waals surface area contributed by atoms with Crippen LogP contribution in [0.3, 0.4) is 0 Å². The molecule has 3 heteroatoms. The van der Waals surface area contributed by atoms with Crippen LogP contribution in [0.15, 0.2) is 18.2 Å². The van der Waals surface area contributed by atoms with E-state index in [1.807, 2.05) is 13.8 Å². The van der Waals surface area contributed by atoms with Gasteiger partial charge in [0.05, 0.1) is 5.56 Å². The first kappa shape index (κ1) is 12.7. The Bertz CT molecular complexity index is 386. The number of esters is 1. The summed E-state index contributed by atoms with van der Waals surface area (Å²) < 4.78 is 18.6. The lowest BCUT2D eigenvalue weighted by Gasteiger charge is -2.16. The van der Waals surface area contributed by atoms with Crippen molar-refractivity contribution in [1.82, 2.24) is 0 Å². The van der Waals surface area contributed by atoms with E-state index >= 15 is 0 Å². The number of carbonyl (C=O) groups is 1. The van der Waals surface area contributed by atoms with E-state index in [4.69, 9.17) is 4.74 Å². The van der Waals surface area contributed by atoms with Crippen molar-refractivity contribution < 1.29 is 13.9 Å². The summed E-state index contributed by atoms with van der Waals surface area (Å²) in [5.74, 6) is -0.905. The maximum atomic E-state index is 13.5. The van der Waals surface area contributed by atoms with E-state index in [1.165, 1.54) is 12.1 Å². The fourth-order valence-electron chi connectivity index (χ4n) is 1.15. The molecule has 1 unspecified atom stereocenters. The van der Waals surface area contributed by atoms with Gasteiger partial charge in [0.25, 0.3) is 0 Å². The fourth-order valence-corrected chi connectivity index (χ4v) is 1.15. The number of benzene rings is 1. The van der Waals surface area contributed by atoms with Gasteiger partial charge in [0.1, 0.15) is 11.9 Å². The minimum Gasteiger partial charge on any atom is -0.459 e. The molecule has 1 atom stereocenters. The molecule has 0 radical (unpaired) electrons. The Morgan fingerprint density at radius 2 is 1.94 bits per heavy atom. The standard InChI is InChI=1S/C13H17FO2/c1-8(2)10(4)16-13(15)11-6-5-9(3)7-12(11)14/h5-8,10H,1-4H3. The lowest BCUT2D eigenvalue weighted by Crippen LogP contribution is -2.20. The summed E-state index contributed by atoms with van der Waals surface area (Å²) >= 11 is 0. The Labute approximate surface area is 95.4 Å². The number of aryl methyl sites for hydroxylation is 1. The number of rotatable bonds is 3. The molecule has 0 spiro atoms. The van der Waals surface area contributed by atoms with Gasteiger partial charge in [0.15, 0.2) is 0 Å². The van der Waals surface area contributed by atoms with Crippen LogP contribution < -0.4 is 0 Å². The van der Waals surface area contributed by atoms with Crippen LogP contribution in [0.5, 0.6) is 0 Å². The zero-order valence-electron chi connectivity index (χ0n) is 10.1. The molecule has 0 fully saturated rings. The van der Waals surface area contributed by atoms with Crippen molar-refractivity contribution in [3.8, 4) is 0 Å². The average molecular weight is 224 g/mol. The highest BCUT2D eigenvalue weighted by Gasteiger charge is 2.17. The molecule has 2 nitrogen and oxygen atoms in total. The molecule has 0 saturated heterocycles. The number of hydrogen-bond acceptors (Lipinski definition) is 2. The molecule has 0 N–H and O–H groups in total. The molecule has 0 aliphatic rings. The van der Waals surface area contributed by atoms with E-state index in [9.17, 15) is 9.18 Å². The van der Waals surface area contributed by atoms with Crippen LogP contribution in [0.4, 0.5) is 4.39 Å². The first-order valence-corrected chi connectivity index (χ1v) is 5.39. The third kappa shape index (κ3) is 3.05. The van der Waals surface area contributed by atoms with Gasteiger partial charge >= 0.3 is 5.97 Å². The largest absolute Gasteiger partial charge is 0.459 e. The van der Waals surface area contributed by atoms with Crippen molar-refractivity contribution in [3.63, 3.8) is 0 Å². The normalized spacial score (nSPS) is 12.6. The van der Waals surface area contributed by atoms with Gasteiger partial charge in [-0.2, -0.15) is 0 Å². The third-order valence-corrected chi connectivity index (χ3v) is 2.58. The van der Waals surface area contributed by atoms with Crippen LogP contribution in [-0.4, -0.2) is 12.1 Å². The first-order chi connectivity index (χ1) is 7.41. The van der Waals surface area contributed by atoms with Gasteiger partial charge in [-0.05, 0) is 37.5 Å². The smallest absolute Gasteiger partial charge is 0.341 e. The quantitative estimate of drug-likeness (QED) is 0.736. The minimum atomic E-state index is -0.598. The number of hydrogen-bond donors (Lipinski definition) is 0. The van der Waals surface area contributed by atoms with Crippen molar-refractivity contribution in [1.29, 1.82) is 0 Å². The summed E-state index contributed by atoms with van der Waals surface area (Å²) in [6, 6.07) is 4.48. The van der Waals surface area contributed by atoms with Crippen LogP contribution in [0.25, 0.3) is 0 Å². The molecule has 88 valence electrons. The summed E-state index contributed by atoms with van der Waals surface area (Å²) in [6.45, 7) is 7.47. The lowest BCUT2D eigenvalue weighted by molar-refractivity contribution is 0.0233. The molecule has 0 saturated carbocycles. The Morgan fingerprint density at radius 3 is 2.44 bits per heavy atom. The predicted octanol–water partition coefficient (Wildman–Crippen LogP) is 3.34. The SMILES string of the molecule is Cc1ccc(C(=O)OC(C)C(C)C)c(F)c1. The monoisotopic (exact) mass is 224 g/mol. The summed E-state index contributed by atoms with van der Waals surface area (Å²) in [7, 11) is 0. The summed E-state index contributed by atoms with van der Waals surface area (Å²) in [4.78, 5) is 11.6. The van der Waals surface area contributed by atoms with E-state index in [-0.39, 0.29) is 17.6 Å². The van der Waals surface area contributed by atoms with Crippen molar-refractivity contribution in [2.75, 3.05) is 0 Å². The molecule has 0 amide bonds. The van der Waals surface area contributed by atoms with E-state index in [0.717, 1.165) is 5.56 Å². The second-order valence-electron chi connectivity index (χ2n) is 4.34. The molecule has 0 bridgehead atoms. The second kappa shape index (κ2) is 5.10. The van der Waals surface area contributed by atoms with Crippen LogP contribution in [0.2, 0.25) is 0 Å². The van der Waals surface area contributed by atoms with E-state index < -0.39 is 11.8 Å². The molecule has 0 heterocycles. The second-order valence-corrected chi connectivity index (χ2v) is 4.34. The van der Waals surface area contributed by atoms with Gasteiger partial charge in [-0.15, -0.1) is 0 Å². The zero-order valence-corrected chi connectivity index (χ0v) is 10.1. The summed E-state index contributed by atoms with van der Waals surface area (Å²) in [5.41, 5.74) is 0.782. The van der Waals surface area contributed by atoms with E-state index in [1.54, 1.807) is 19.9 Å². The van der Waals surface area contributed by atoms with Crippen molar-refractivity contribution in [3.05, 3.63) is 35.1 Å². The number of halogens is 1. The van der Waals surface area contributed by atoms with E-state index in [0.29, 0.717) is 0 Å². The maximum Gasteiger partial charge on any atom is 0.341 e. The molecular weight excluding hydrogens is 207 g/mol. The zero-order chi connectivity index (χ0) is 12.3. The first-order valence-electron chi connectivity index (χ1n) is 5.39. The lowest BCUT2D eigenvalue weighted by atomic mass is 10.1. The van der Waals surface area contributed by atoms with Crippen molar-refractivity contribution in [2.45, 2.75) is 33.8 Å². The number of carbonyl (C=O) groups excluding carboxylic acids is 1. The van der Waals surface area contributed by atoms with Crippen LogP contribution in [-0.2, 0) is 4.74 Å². The molecule has 1 rings (SSSR count). The molecule has 0 aromatic heterocycles. The van der Waals surface area contributed by atoms with Crippen LogP contribution in [0.1, 0.15) is 36.7 Å². The highest BCUT2D eigenvalue weighted by Crippen LogP contribution is 2.14. The Balaban J connectivity index is 2.81. The third-order valence-electron chi connectivity index (χ3n) is 2.58. The molecule has 0 aliphatic heterocycles. The maximum absolute atomic E-state index is 13.5. The van der Waals surface area contributed by atoms with Gasteiger partial charge in [0.2, 0.25) is 0 Å². The van der Waals surface area contributed by atoms with Gasteiger partial charge in [-0.3, -0.25) is 0 Å². The Hall–Kier alpha value is -1.38. The Kier molecular flexibility index (Phi) is 4.05. The van der Waals surface area contributed by atoms with Crippen molar-refractivity contribution >= 4 is 5.97 Å². The number of ether oxygens (including phenoxy) is 1. The fraction of sp³-hybridized carbons (Fsp3) is 0.462. The molecule has 16 heavy (non-hydrogen) atoms. The predicted molar refractivity (Wildman–Crippen MR) is 60.9 cm³/mol. The summed E-state index contributed by atoms with van der Waals surface area (Å²) in [5, 5.41) is 0. The molecule has 1 aromatic carbocycles. The van der Waals surface area contributed by atoms with Gasteiger partial charge in [0, 0.05) is 0 Å². The Morgan fingerprint density at radius 1 is 1.31 bits per heavy atom. The van der Waals surface area contributed by atoms with Gasteiger partial charge < -0.3 is 4.74 Å². The summed E-state index contributed by atoms with van der Waals surface area (Å²) in [6.07, 6.45) is -0.215. The average Bonchev–Trinajstić information content (AvgIpc) is 2.16. The highest BCUT2D eigenvalue weighted by molar-refractivity contribution is 5.89. The molecular formula is C13H17FO2.